The SMILES string of the molecule is CC(O)CCN(C)C(=O)N1CCN(C(C)C(=O)O)CC1. The molecule has 0 aromatic carbocycles. The second-order valence-electron chi connectivity index (χ2n) is 5.38. The smallest absolute Gasteiger partial charge is 0.320 e. The fraction of sp³-hybridized carbons (Fsp3) is 0.846. The summed E-state index contributed by atoms with van der Waals surface area (Å²) in [6.45, 7) is 6.10. The summed E-state index contributed by atoms with van der Waals surface area (Å²) in [5, 5.41) is 18.2. The molecule has 1 rings (SSSR count). The highest BCUT2D eigenvalue weighted by atomic mass is 16.4. The predicted molar refractivity (Wildman–Crippen MR) is 74.6 cm³/mol. The fourth-order valence-corrected chi connectivity index (χ4v) is 2.17. The third-order valence-electron chi connectivity index (χ3n) is 3.70. The van der Waals surface area contributed by atoms with Crippen LogP contribution in [-0.2, 0) is 4.79 Å². The van der Waals surface area contributed by atoms with E-state index in [1.54, 1.807) is 30.7 Å². The summed E-state index contributed by atoms with van der Waals surface area (Å²) in [5.41, 5.74) is 0. The minimum absolute atomic E-state index is 0.0618. The number of carboxylic acid groups (broad SMARTS) is 1. The highest BCUT2D eigenvalue weighted by Gasteiger charge is 2.28. The first-order valence-corrected chi connectivity index (χ1v) is 6.98. The number of amides is 2. The van der Waals surface area contributed by atoms with Gasteiger partial charge in [0.2, 0.25) is 0 Å². The zero-order chi connectivity index (χ0) is 15.3. The van der Waals surface area contributed by atoms with Crippen molar-refractivity contribution in [3.05, 3.63) is 0 Å². The zero-order valence-corrected chi connectivity index (χ0v) is 12.4. The summed E-state index contributed by atoms with van der Waals surface area (Å²) in [7, 11) is 1.72. The maximum Gasteiger partial charge on any atom is 0.320 e. The number of rotatable bonds is 5. The van der Waals surface area contributed by atoms with Gasteiger partial charge in [0.25, 0.3) is 0 Å². The molecular weight excluding hydrogens is 262 g/mol. The van der Waals surface area contributed by atoms with E-state index in [0.717, 1.165) is 0 Å². The van der Waals surface area contributed by atoms with Crippen LogP contribution < -0.4 is 0 Å². The first kappa shape index (κ1) is 16.7. The van der Waals surface area contributed by atoms with E-state index in [-0.39, 0.29) is 6.03 Å². The van der Waals surface area contributed by atoms with Crippen LogP contribution in [0.4, 0.5) is 4.79 Å². The molecule has 116 valence electrons. The van der Waals surface area contributed by atoms with Crippen molar-refractivity contribution in [3.63, 3.8) is 0 Å². The van der Waals surface area contributed by atoms with Crippen molar-refractivity contribution in [1.29, 1.82) is 0 Å². The Bertz CT molecular complexity index is 341. The van der Waals surface area contributed by atoms with Gasteiger partial charge >= 0.3 is 12.0 Å². The highest BCUT2D eigenvalue weighted by molar-refractivity contribution is 5.75. The molecule has 2 N–H and O–H groups in total. The molecule has 1 aliphatic rings. The van der Waals surface area contributed by atoms with E-state index in [0.29, 0.717) is 39.1 Å². The fourth-order valence-electron chi connectivity index (χ4n) is 2.17. The highest BCUT2D eigenvalue weighted by Crippen LogP contribution is 2.09. The molecule has 1 aliphatic heterocycles. The molecule has 0 aromatic heterocycles. The van der Waals surface area contributed by atoms with Gasteiger partial charge in [0, 0.05) is 39.8 Å². The molecular formula is C13H25N3O4. The zero-order valence-electron chi connectivity index (χ0n) is 12.4. The van der Waals surface area contributed by atoms with Gasteiger partial charge in [0.15, 0.2) is 0 Å². The van der Waals surface area contributed by atoms with Gasteiger partial charge < -0.3 is 20.0 Å². The van der Waals surface area contributed by atoms with Crippen molar-refractivity contribution in [2.24, 2.45) is 0 Å². The molecule has 1 heterocycles. The van der Waals surface area contributed by atoms with Crippen molar-refractivity contribution in [2.45, 2.75) is 32.4 Å². The Labute approximate surface area is 119 Å². The van der Waals surface area contributed by atoms with Gasteiger partial charge in [-0.05, 0) is 20.3 Å². The predicted octanol–water partition coefficient (Wildman–Crippen LogP) is -0.100. The number of aliphatic hydroxyl groups excluding tert-OH is 1. The summed E-state index contributed by atoms with van der Waals surface area (Å²) >= 11 is 0. The van der Waals surface area contributed by atoms with E-state index in [9.17, 15) is 14.7 Å². The number of carboxylic acids is 1. The van der Waals surface area contributed by atoms with Gasteiger partial charge in [0.1, 0.15) is 6.04 Å². The average molecular weight is 287 g/mol. The van der Waals surface area contributed by atoms with Crippen LogP contribution in [0.2, 0.25) is 0 Å². The van der Waals surface area contributed by atoms with Crippen molar-refractivity contribution < 1.29 is 19.8 Å². The summed E-state index contributed by atoms with van der Waals surface area (Å²) < 4.78 is 0. The minimum atomic E-state index is -0.834. The number of piperazine rings is 1. The maximum atomic E-state index is 12.2. The molecule has 2 amide bonds. The molecule has 0 aliphatic carbocycles. The molecule has 0 spiro atoms. The average Bonchev–Trinajstić information content (AvgIpc) is 2.43. The molecule has 2 atom stereocenters. The Hall–Kier alpha value is -1.34. The molecule has 0 saturated carbocycles. The van der Waals surface area contributed by atoms with E-state index in [2.05, 4.69) is 0 Å². The molecule has 0 aromatic rings. The molecule has 7 nitrogen and oxygen atoms in total. The molecule has 0 radical (unpaired) electrons. The summed E-state index contributed by atoms with van der Waals surface area (Å²) in [6, 6.07) is -0.575. The standard InChI is InChI=1S/C13H25N3O4/c1-10(17)4-5-14(3)13(20)16-8-6-15(7-9-16)11(2)12(18)19/h10-11,17H,4-9H2,1-3H3,(H,18,19). The molecule has 2 unspecified atom stereocenters. The van der Waals surface area contributed by atoms with Crippen LogP contribution in [0.1, 0.15) is 20.3 Å². The number of urea groups is 1. The van der Waals surface area contributed by atoms with E-state index >= 15 is 0 Å². The second kappa shape index (κ2) is 7.44. The van der Waals surface area contributed by atoms with Crippen molar-refractivity contribution in [1.82, 2.24) is 14.7 Å². The Balaban J connectivity index is 2.40. The monoisotopic (exact) mass is 287 g/mol. The van der Waals surface area contributed by atoms with E-state index < -0.39 is 18.1 Å². The van der Waals surface area contributed by atoms with Gasteiger partial charge in [-0.25, -0.2) is 4.79 Å². The number of nitrogens with zero attached hydrogens (tertiary/aromatic N) is 3. The van der Waals surface area contributed by atoms with Gasteiger partial charge in [-0.2, -0.15) is 0 Å². The summed E-state index contributed by atoms with van der Waals surface area (Å²) in [4.78, 5) is 28.3. The minimum Gasteiger partial charge on any atom is -0.480 e. The Morgan fingerprint density at radius 3 is 2.20 bits per heavy atom. The van der Waals surface area contributed by atoms with E-state index in [4.69, 9.17) is 5.11 Å². The first-order chi connectivity index (χ1) is 9.32. The van der Waals surface area contributed by atoms with Crippen LogP contribution in [0.15, 0.2) is 0 Å². The maximum absolute atomic E-state index is 12.2. The van der Waals surface area contributed by atoms with Crippen LogP contribution in [-0.4, -0.2) is 88.8 Å². The third-order valence-corrected chi connectivity index (χ3v) is 3.70. The Morgan fingerprint density at radius 2 is 1.75 bits per heavy atom. The third kappa shape index (κ3) is 4.64. The lowest BCUT2D eigenvalue weighted by Gasteiger charge is -2.38. The Morgan fingerprint density at radius 1 is 1.20 bits per heavy atom. The van der Waals surface area contributed by atoms with Crippen LogP contribution in [0, 0.1) is 0 Å². The lowest BCUT2D eigenvalue weighted by Crippen LogP contribution is -2.55. The van der Waals surface area contributed by atoms with Gasteiger partial charge in [-0.15, -0.1) is 0 Å². The lowest BCUT2D eigenvalue weighted by atomic mass is 10.2. The molecule has 7 heteroatoms. The van der Waals surface area contributed by atoms with Crippen molar-refractivity contribution in [3.8, 4) is 0 Å². The van der Waals surface area contributed by atoms with Crippen LogP contribution in [0.3, 0.4) is 0 Å². The number of hydrogen-bond acceptors (Lipinski definition) is 4. The number of carbonyl (C=O) groups is 2. The van der Waals surface area contributed by atoms with Gasteiger partial charge in [-0.3, -0.25) is 9.69 Å². The topological polar surface area (TPSA) is 84.3 Å². The Kier molecular flexibility index (Phi) is 6.22. The van der Waals surface area contributed by atoms with Gasteiger partial charge in [0.05, 0.1) is 6.10 Å². The van der Waals surface area contributed by atoms with Crippen LogP contribution in [0.5, 0.6) is 0 Å². The quantitative estimate of drug-likeness (QED) is 0.737. The second-order valence-corrected chi connectivity index (χ2v) is 5.38. The van der Waals surface area contributed by atoms with Crippen molar-refractivity contribution in [2.75, 3.05) is 39.8 Å². The molecule has 1 fully saturated rings. The lowest BCUT2D eigenvalue weighted by molar-refractivity contribution is -0.143. The molecule has 1 saturated heterocycles. The number of aliphatic carboxylic acids is 1. The number of aliphatic hydroxyl groups is 1. The molecule has 0 bridgehead atoms. The van der Waals surface area contributed by atoms with Crippen LogP contribution in [0.25, 0.3) is 0 Å². The normalized spacial score (nSPS) is 19.5. The van der Waals surface area contributed by atoms with Gasteiger partial charge in [-0.1, -0.05) is 0 Å². The van der Waals surface area contributed by atoms with E-state index in [1.165, 1.54) is 0 Å². The first-order valence-electron chi connectivity index (χ1n) is 6.98. The van der Waals surface area contributed by atoms with E-state index in [1.807, 2.05) is 4.90 Å². The number of carbonyl (C=O) groups excluding carboxylic acids is 1. The van der Waals surface area contributed by atoms with Crippen LogP contribution >= 0.6 is 0 Å². The largest absolute Gasteiger partial charge is 0.480 e. The number of hydrogen-bond donors (Lipinski definition) is 2. The summed E-state index contributed by atoms with van der Waals surface area (Å²) in [5.74, 6) is -0.834. The summed E-state index contributed by atoms with van der Waals surface area (Å²) in [6.07, 6.45) is 0.136. The molecule has 20 heavy (non-hydrogen) atoms. The van der Waals surface area contributed by atoms with Crippen molar-refractivity contribution >= 4 is 12.0 Å².